The molecule has 6 heteroatoms. The van der Waals surface area contributed by atoms with E-state index < -0.39 is 0 Å². The van der Waals surface area contributed by atoms with Crippen molar-refractivity contribution in [2.75, 3.05) is 0 Å². The fourth-order valence-corrected chi connectivity index (χ4v) is 3.61. The molecule has 4 heterocycles. The third-order valence-corrected chi connectivity index (χ3v) is 4.71. The van der Waals surface area contributed by atoms with Gasteiger partial charge < -0.3 is 0 Å². The minimum absolute atomic E-state index is 0.368. The van der Waals surface area contributed by atoms with Gasteiger partial charge in [-0.1, -0.05) is 24.3 Å². The monoisotopic (exact) mass is 338 g/mol. The lowest BCUT2D eigenvalue weighted by atomic mass is 9.97. The molecule has 5 aromatic rings. The summed E-state index contributed by atoms with van der Waals surface area (Å²) in [4.78, 5) is 9.10. The minimum atomic E-state index is 0.368. The summed E-state index contributed by atoms with van der Waals surface area (Å²) in [6, 6.07) is 14.4. The van der Waals surface area contributed by atoms with Crippen LogP contribution in [0.2, 0.25) is 0 Å². The summed E-state index contributed by atoms with van der Waals surface area (Å²) in [5.41, 5.74) is 6.19. The van der Waals surface area contributed by atoms with Crippen molar-refractivity contribution in [1.29, 1.82) is 5.26 Å². The van der Waals surface area contributed by atoms with Crippen molar-refractivity contribution in [3.8, 4) is 17.2 Å². The maximum Gasteiger partial charge on any atom is 0.162 e. The molecule has 0 N–H and O–H groups in total. The molecule has 0 unspecified atom stereocenters. The van der Waals surface area contributed by atoms with Gasteiger partial charge in [0.1, 0.15) is 6.07 Å². The summed E-state index contributed by atoms with van der Waals surface area (Å²) in [6.45, 7) is 4.02. The number of nitriles is 1. The van der Waals surface area contributed by atoms with E-state index in [0.717, 1.165) is 38.8 Å². The average molecular weight is 338 g/mol. The third-order valence-electron chi connectivity index (χ3n) is 4.71. The number of benzene rings is 1. The largest absolute Gasteiger partial charge is 0.258 e. The van der Waals surface area contributed by atoms with Gasteiger partial charge in [-0.3, -0.25) is 4.98 Å². The maximum absolute atomic E-state index is 9.26. The van der Waals surface area contributed by atoms with Crippen LogP contribution in [0.3, 0.4) is 0 Å². The first-order valence-electron chi connectivity index (χ1n) is 8.30. The van der Waals surface area contributed by atoms with Crippen LogP contribution in [0, 0.1) is 25.2 Å². The first-order valence-corrected chi connectivity index (χ1v) is 8.30. The fraction of sp³-hybridized carbons (Fsp3) is 0.100. The lowest BCUT2D eigenvalue weighted by molar-refractivity contribution is 0.749. The van der Waals surface area contributed by atoms with Crippen LogP contribution in [0.15, 0.2) is 48.8 Å². The molecule has 4 aromatic heterocycles. The van der Waals surface area contributed by atoms with Gasteiger partial charge in [-0.15, -0.1) is 0 Å². The Morgan fingerprint density at radius 3 is 2.69 bits per heavy atom. The molecule has 0 fully saturated rings. The third kappa shape index (κ3) is 1.88. The molecule has 6 nitrogen and oxygen atoms in total. The van der Waals surface area contributed by atoms with E-state index >= 15 is 0 Å². The van der Waals surface area contributed by atoms with Crippen LogP contribution in [-0.4, -0.2) is 24.2 Å². The topological polar surface area (TPSA) is 71.3 Å². The van der Waals surface area contributed by atoms with E-state index in [-0.39, 0.29) is 0 Å². The SMILES string of the molecule is Cc1ccc(-c2cccc3c2c2ccnn2n2cc(C#N)nc32)c(C)n1. The van der Waals surface area contributed by atoms with Gasteiger partial charge in [0.2, 0.25) is 0 Å². The summed E-state index contributed by atoms with van der Waals surface area (Å²) in [5, 5.41) is 15.7. The van der Waals surface area contributed by atoms with Crippen LogP contribution in [0.25, 0.3) is 33.1 Å². The molecule has 0 amide bonds. The van der Waals surface area contributed by atoms with Crippen LogP contribution in [-0.2, 0) is 0 Å². The molecule has 0 radical (unpaired) electrons. The van der Waals surface area contributed by atoms with E-state index in [1.54, 1.807) is 17.0 Å². The van der Waals surface area contributed by atoms with E-state index in [1.165, 1.54) is 0 Å². The second kappa shape index (κ2) is 5.14. The normalized spacial score (nSPS) is 11.4. The van der Waals surface area contributed by atoms with Crippen molar-refractivity contribution in [2.45, 2.75) is 13.8 Å². The van der Waals surface area contributed by atoms with Gasteiger partial charge in [0.15, 0.2) is 11.3 Å². The zero-order chi connectivity index (χ0) is 17.8. The van der Waals surface area contributed by atoms with E-state index in [0.29, 0.717) is 11.3 Å². The average Bonchev–Trinajstić information content (AvgIpc) is 3.28. The van der Waals surface area contributed by atoms with Gasteiger partial charge in [0.05, 0.1) is 17.9 Å². The Bertz CT molecular complexity index is 1370. The molecule has 0 saturated carbocycles. The number of rotatable bonds is 1. The summed E-state index contributed by atoms with van der Waals surface area (Å²) in [5.74, 6) is 0. The first-order chi connectivity index (χ1) is 12.7. The highest BCUT2D eigenvalue weighted by Crippen LogP contribution is 2.34. The molecule has 26 heavy (non-hydrogen) atoms. The molecule has 1 aromatic carbocycles. The number of imidazole rings is 1. The Labute approximate surface area is 148 Å². The van der Waals surface area contributed by atoms with Crippen LogP contribution in [0.5, 0.6) is 0 Å². The Kier molecular flexibility index (Phi) is 2.89. The number of aryl methyl sites for hydroxylation is 2. The number of hydrogen-bond acceptors (Lipinski definition) is 4. The van der Waals surface area contributed by atoms with E-state index in [1.807, 2.05) is 42.6 Å². The van der Waals surface area contributed by atoms with Crippen molar-refractivity contribution < 1.29 is 0 Å². The Morgan fingerprint density at radius 1 is 1.00 bits per heavy atom. The van der Waals surface area contributed by atoms with Gasteiger partial charge >= 0.3 is 0 Å². The number of pyridine rings is 1. The molecule has 0 aliphatic carbocycles. The highest BCUT2D eigenvalue weighted by Gasteiger charge is 2.16. The molecule has 0 saturated heterocycles. The molecule has 0 aliphatic rings. The van der Waals surface area contributed by atoms with Crippen molar-refractivity contribution in [3.05, 3.63) is 65.9 Å². The van der Waals surface area contributed by atoms with Gasteiger partial charge in [-0.25, -0.2) is 9.50 Å². The molecular formula is C20H14N6. The summed E-state index contributed by atoms with van der Waals surface area (Å²) < 4.78 is 3.60. The molecule has 0 spiro atoms. The van der Waals surface area contributed by atoms with Gasteiger partial charge in [0.25, 0.3) is 0 Å². The Morgan fingerprint density at radius 2 is 1.88 bits per heavy atom. The zero-order valence-corrected chi connectivity index (χ0v) is 14.3. The van der Waals surface area contributed by atoms with Crippen molar-refractivity contribution in [1.82, 2.24) is 24.2 Å². The molecule has 5 rings (SSSR count). The first kappa shape index (κ1) is 14.6. The molecule has 0 aliphatic heterocycles. The molecular weight excluding hydrogens is 324 g/mol. The standard InChI is InChI=1S/C20H14N6/c1-12-6-7-15(13(2)23-12)16-4-3-5-17-19(16)18-8-9-22-26(18)25-11-14(10-21)24-20(17)25/h3-9,11H,1-2H3. The zero-order valence-electron chi connectivity index (χ0n) is 14.3. The Balaban J connectivity index is 2.01. The van der Waals surface area contributed by atoms with Crippen LogP contribution >= 0.6 is 0 Å². The number of aromatic nitrogens is 5. The maximum atomic E-state index is 9.26. The highest BCUT2D eigenvalue weighted by atomic mass is 15.5. The predicted octanol–water partition coefficient (Wildman–Crippen LogP) is 3.69. The molecule has 0 atom stereocenters. The van der Waals surface area contributed by atoms with Gasteiger partial charge in [-0.2, -0.15) is 15.0 Å². The van der Waals surface area contributed by atoms with Crippen LogP contribution in [0.1, 0.15) is 17.1 Å². The van der Waals surface area contributed by atoms with E-state index in [4.69, 9.17) is 0 Å². The Hall–Kier alpha value is -3.72. The summed E-state index contributed by atoms with van der Waals surface area (Å²) >= 11 is 0. The van der Waals surface area contributed by atoms with Gasteiger partial charge in [-0.05, 0) is 31.5 Å². The lowest BCUT2D eigenvalue weighted by Gasteiger charge is -2.12. The summed E-state index contributed by atoms with van der Waals surface area (Å²) in [6.07, 6.45) is 3.47. The quantitative estimate of drug-likeness (QED) is 0.467. The van der Waals surface area contributed by atoms with Crippen molar-refractivity contribution in [3.63, 3.8) is 0 Å². The lowest BCUT2D eigenvalue weighted by Crippen LogP contribution is -2.02. The number of hydrogen-bond donors (Lipinski definition) is 0. The number of nitrogens with zero attached hydrogens (tertiary/aromatic N) is 6. The van der Waals surface area contributed by atoms with Crippen LogP contribution in [0.4, 0.5) is 0 Å². The second-order valence-electron chi connectivity index (χ2n) is 6.33. The molecule has 124 valence electrons. The van der Waals surface area contributed by atoms with Crippen LogP contribution < -0.4 is 0 Å². The molecule has 0 bridgehead atoms. The van der Waals surface area contributed by atoms with E-state index in [9.17, 15) is 5.26 Å². The van der Waals surface area contributed by atoms with Crippen molar-refractivity contribution in [2.24, 2.45) is 0 Å². The van der Waals surface area contributed by atoms with Gasteiger partial charge in [0, 0.05) is 27.7 Å². The number of fused-ring (bicyclic) bond motifs is 6. The minimum Gasteiger partial charge on any atom is -0.258 e. The van der Waals surface area contributed by atoms with E-state index in [2.05, 4.69) is 33.3 Å². The predicted molar refractivity (Wildman–Crippen MR) is 98.9 cm³/mol. The highest BCUT2D eigenvalue weighted by molar-refractivity contribution is 6.11. The fourth-order valence-electron chi connectivity index (χ4n) is 3.61. The second-order valence-corrected chi connectivity index (χ2v) is 6.33. The van der Waals surface area contributed by atoms with Crippen molar-refractivity contribution >= 4 is 21.9 Å². The summed E-state index contributed by atoms with van der Waals surface area (Å²) in [7, 11) is 0. The smallest absolute Gasteiger partial charge is 0.162 e.